The maximum Gasteiger partial charge on any atom is 0.0332 e. The molecule has 3 rings (SSSR count). The lowest BCUT2D eigenvalue weighted by atomic mass is 9.92. The minimum Gasteiger partial charge on any atom is -0.298 e. The van der Waals surface area contributed by atoms with Crippen molar-refractivity contribution < 1.29 is 0 Å². The van der Waals surface area contributed by atoms with E-state index in [1.807, 2.05) is 11.3 Å². The highest BCUT2D eigenvalue weighted by Gasteiger charge is 2.36. The lowest BCUT2D eigenvalue weighted by molar-refractivity contribution is -0.0113. The number of piperazine rings is 1. The fourth-order valence-corrected chi connectivity index (χ4v) is 5.20. The third-order valence-electron chi connectivity index (χ3n) is 4.84. The summed E-state index contributed by atoms with van der Waals surface area (Å²) < 4.78 is 1.23. The van der Waals surface area contributed by atoms with Gasteiger partial charge in [0.2, 0.25) is 0 Å². The maximum absolute atomic E-state index is 3.58. The summed E-state index contributed by atoms with van der Waals surface area (Å²) >= 11 is 5.46. The van der Waals surface area contributed by atoms with Crippen LogP contribution in [0.4, 0.5) is 0 Å². The van der Waals surface area contributed by atoms with Crippen LogP contribution in [-0.2, 0) is 6.54 Å². The molecular weight excluding hydrogens is 332 g/mol. The van der Waals surface area contributed by atoms with Crippen LogP contribution in [0.3, 0.4) is 0 Å². The Bertz CT molecular complexity index is 445. The summed E-state index contributed by atoms with van der Waals surface area (Å²) in [5, 5.41) is 2.20. The van der Waals surface area contributed by atoms with Crippen molar-refractivity contribution >= 4 is 27.3 Å². The van der Waals surface area contributed by atoms with E-state index in [-0.39, 0.29) is 0 Å². The van der Waals surface area contributed by atoms with Crippen molar-refractivity contribution in [1.29, 1.82) is 0 Å². The van der Waals surface area contributed by atoms with Crippen molar-refractivity contribution in [1.82, 2.24) is 9.80 Å². The van der Waals surface area contributed by atoms with Crippen molar-refractivity contribution in [2.75, 3.05) is 19.6 Å². The van der Waals surface area contributed by atoms with Gasteiger partial charge < -0.3 is 0 Å². The minimum atomic E-state index is 0.713. The van der Waals surface area contributed by atoms with Crippen LogP contribution in [0.1, 0.15) is 38.0 Å². The summed E-state index contributed by atoms with van der Waals surface area (Å²) in [5.74, 6) is 0.737. The van der Waals surface area contributed by atoms with Crippen LogP contribution in [-0.4, -0.2) is 41.5 Å². The highest BCUT2D eigenvalue weighted by atomic mass is 79.9. The number of fused-ring (bicyclic) bond motifs is 1. The number of nitrogens with zero attached hydrogens (tertiary/aromatic N) is 2. The van der Waals surface area contributed by atoms with Crippen molar-refractivity contribution in [3.05, 3.63) is 20.8 Å². The fourth-order valence-electron chi connectivity index (χ4n) is 3.72. The van der Waals surface area contributed by atoms with Gasteiger partial charge in [0.1, 0.15) is 0 Å². The fraction of sp³-hybridized carbons (Fsp3) is 0.750. The monoisotopic (exact) mass is 356 g/mol. The third kappa shape index (κ3) is 3.29. The van der Waals surface area contributed by atoms with Crippen LogP contribution in [0.15, 0.2) is 15.9 Å². The van der Waals surface area contributed by atoms with Gasteiger partial charge in [0.05, 0.1) is 0 Å². The van der Waals surface area contributed by atoms with Crippen molar-refractivity contribution in [2.45, 2.75) is 51.7 Å². The van der Waals surface area contributed by atoms with Gasteiger partial charge in [-0.05, 0) is 47.3 Å². The lowest BCUT2D eigenvalue weighted by Crippen LogP contribution is -2.60. The molecule has 0 saturated carbocycles. The van der Waals surface area contributed by atoms with Crippen LogP contribution in [0, 0.1) is 5.92 Å². The maximum atomic E-state index is 3.58. The van der Waals surface area contributed by atoms with Crippen molar-refractivity contribution in [2.24, 2.45) is 5.92 Å². The number of piperidine rings is 1. The Kier molecular flexibility index (Phi) is 4.86. The first-order valence-corrected chi connectivity index (χ1v) is 9.52. The number of hydrogen-bond acceptors (Lipinski definition) is 3. The molecule has 2 unspecified atom stereocenters. The summed E-state index contributed by atoms with van der Waals surface area (Å²) in [5.41, 5.74) is 0. The largest absolute Gasteiger partial charge is 0.298 e. The van der Waals surface area contributed by atoms with E-state index in [9.17, 15) is 0 Å². The van der Waals surface area contributed by atoms with Gasteiger partial charge in [-0.15, -0.1) is 11.3 Å². The van der Waals surface area contributed by atoms with Crippen LogP contribution >= 0.6 is 27.3 Å². The molecule has 112 valence electrons. The molecule has 2 nitrogen and oxygen atoms in total. The first kappa shape index (κ1) is 15.0. The van der Waals surface area contributed by atoms with Gasteiger partial charge in [0.25, 0.3) is 0 Å². The molecule has 2 aliphatic rings. The van der Waals surface area contributed by atoms with E-state index >= 15 is 0 Å². The molecule has 1 aromatic heterocycles. The predicted octanol–water partition coefficient (Wildman–Crippen LogP) is 4.21. The van der Waals surface area contributed by atoms with Crippen LogP contribution < -0.4 is 0 Å². The Hall–Kier alpha value is 0.1000. The van der Waals surface area contributed by atoms with E-state index in [2.05, 4.69) is 51.0 Å². The lowest BCUT2D eigenvalue weighted by Gasteiger charge is -2.49. The van der Waals surface area contributed by atoms with Crippen molar-refractivity contribution in [3.63, 3.8) is 0 Å². The molecule has 2 atom stereocenters. The number of halogens is 1. The second kappa shape index (κ2) is 6.47. The quantitative estimate of drug-likeness (QED) is 0.800. The van der Waals surface area contributed by atoms with Gasteiger partial charge in [0, 0.05) is 46.4 Å². The molecule has 0 radical (unpaired) electrons. The molecule has 2 aliphatic heterocycles. The molecule has 0 aromatic carbocycles. The van der Waals surface area contributed by atoms with E-state index in [4.69, 9.17) is 0 Å². The zero-order chi connectivity index (χ0) is 14.1. The minimum absolute atomic E-state index is 0.713. The Morgan fingerprint density at radius 3 is 2.90 bits per heavy atom. The first-order valence-electron chi connectivity index (χ1n) is 7.84. The van der Waals surface area contributed by atoms with Gasteiger partial charge in [-0.2, -0.15) is 0 Å². The normalized spacial score (nSPS) is 28.8. The summed E-state index contributed by atoms with van der Waals surface area (Å²) in [4.78, 5) is 7.00. The van der Waals surface area contributed by atoms with E-state index in [1.54, 1.807) is 0 Å². The highest BCUT2D eigenvalue weighted by molar-refractivity contribution is 9.10. The smallest absolute Gasteiger partial charge is 0.0332 e. The molecule has 3 heterocycles. The molecule has 0 bridgehead atoms. The second-order valence-electron chi connectivity index (χ2n) is 6.62. The Labute approximate surface area is 135 Å². The Morgan fingerprint density at radius 1 is 1.35 bits per heavy atom. The summed E-state index contributed by atoms with van der Waals surface area (Å²) in [6.45, 7) is 9.75. The first-order chi connectivity index (χ1) is 9.63. The predicted molar refractivity (Wildman–Crippen MR) is 90.3 cm³/mol. The van der Waals surface area contributed by atoms with E-state index in [0.29, 0.717) is 6.04 Å². The molecule has 0 N–H and O–H groups in total. The zero-order valence-electron chi connectivity index (χ0n) is 12.5. The van der Waals surface area contributed by atoms with Crippen LogP contribution in [0.5, 0.6) is 0 Å². The number of thiophene rings is 1. The topological polar surface area (TPSA) is 6.48 Å². The third-order valence-corrected chi connectivity index (χ3v) is 6.52. The van der Waals surface area contributed by atoms with Gasteiger partial charge in [-0.3, -0.25) is 9.80 Å². The average molecular weight is 357 g/mol. The highest BCUT2D eigenvalue weighted by Crippen LogP contribution is 2.30. The van der Waals surface area contributed by atoms with Gasteiger partial charge >= 0.3 is 0 Å². The number of hydrogen-bond donors (Lipinski definition) is 0. The number of rotatable bonds is 3. The molecule has 2 saturated heterocycles. The molecule has 0 spiro atoms. The Morgan fingerprint density at radius 2 is 2.20 bits per heavy atom. The second-order valence-corrected chi connectivity index (χ2v) is 8.53. The SMILES string of the molecule is CC(C)C1CN2CCCCC2CN1Cc1cc(Br)cs1. The van der Waals surface area contributed by atoms with Crippen LogP contribution in [0.25, 0.3) is 0 Å². The zero-order valence-corrected chi connectivity index (χ0v) is 14.9. The summed E-state index contributed by atoms with van der Waals surface area (Å²) in [6.07, 6.45) is 4.22. The van der Waals surface area contributed by atoms with E-state index in [1.165, 1.54) is 48.2 Å². The van der Waals surface area contributed by atoms with Gasteiger partial charge in [-0.25, -0.2) is 0 Å². The molecule has 2 fully saturated rings. The van der Waals surface area contributed by atoms with Gasteiger partial charge in [-0.1, -0.05) is 20.3 Å². The molecule has 0 aliphatic carbocycles. The molecule has 0 amide bonds. The molecule has 20 heavy (non-hydrogen) atoms. The van der Waals surface area contributed by atoms with E-state index < -0.39 is 0 Å². The van der Waals surface area contributed by atoms with Crippen LogP contribution in [0.2, 0.25) is 0 Å². The summed E-state index contributed by atoms with van der Waals surface area (Å²) in [7, 11) is 0. The standard InChI is InChI=1S/C16H25BrN2S/c1-12(2)16-10-18-6-4-3-5-14(18)8-19(16)9-15-7-13(17)11-20-15/h7,11-12,14,16H,3-6,8-10H2,1-2H3. The van der Waals surface area contributed by atoms with Crippen molar-refractivity contribution in [3.8, 4) is 0 Å². The molecule has 1 aromatic rings. The van der Waals surface area contributed by atoms with Gasteiger partial charge in [0.15, 0.2) is 0 Å². The average Bonchev–Trinajstić information content (AvgIpc) is 2.83. The molecule has 4 heteroatoms. The van der Waals surface area contributed by atoms with E-state index in [0.717, 1.165) is 18.5 Å². The Balaban J connectivity index is 1.72. The molecular formula is C16H25BrN2S. The summed E-state index contributed by atoms with van der Waals surface area (Å²) in [6, 6.07) is 3.81.